The average Bonchev–Trinajstić information content (AvgIpc) is 2.25. The normalized spacial score (nSPS) is 11.6. The van der Waals surface area contributed by atoms with Gasteiger partial charge in [-0.1, -0.05) is 0 Å². The molecule has 0 radical (unpaired) electrons. The lowest BCUT2D eigenvalue weighted by Crippen LogP contribution is -2.12. The van der Waals surface area contributed by atoms with Crippen molar-refractivity contribution in [1.29, 1.82) is 5.26 Å². The first-order valence-electron chi connectivity index (χ1n) is 4.16. The molecule has 0 atom stereocenters. The number of nitriles is 1. The van der Waals surface area contributed by atoms with Gasteiger partial charge in [0.15, 0.2) is 0 Å². The average molecular weight is 271 g/mol. The van der Waals surface area contributed by atoms with Crippen LogP contribution in [0.15, 0.2) is 6.07 Å². The molecule has 0 fully saturated rings. The number of pyridine rings is 1. The quantitative estimate of drug-likeness (QED) is 0.607. The first-order valence-corrected chi connectivity index (χ1v) is 4.70. The van der Waals surface area contributed by atoms with Gasteiger partial charge in [-0.2, -0.15) is 18.4 Å². The number of rotatable bonds is 2. The number of aromatic nitrogens is 1. The molecule has 1 heterocycles. The Labute approximate surface area is 97.6 Å². The minimum absolute atomic E-state index is 0.426. The third-order valence-electron chi connectivity index (χ3n) is 1.90. The fourth-order valence-electron chi connectivity index (χ4n) is 1.19. The van der Waals surface area contributed by atoms with Crippen molar-refractivity contribution in [1.82, 2.24) is 4.98 Å². The van der Waals surface area contributed by atoms with E-state index in [1.165, 1.54) is 6.07 Å². The van der Waals surface area contributed by atoms with Gasteiger partial charge in [-0.05, 0) is 11.6 Å². The van der Waals surface area contributed by atoms with Crippen LogP contribution in [0.4, 0.5) is 22.0 Å². The summed E-state index contributed by atoms with van der Waals surface area (Å²) < 4.78 is 62.2. The Balaban J connectivity index is 3.52. The van der Waals surface area contributed by atoms with Crippen LogP contribution in [0, 0.1) is 11.3 Å². The predicted octanol–water partition coefficient (Wildman–Crippen LogP) is 3.65. The minimum Gasteiger partial charge on any atom is -0.232 e. The van der Waals surface area contributed by atoms with Crippen molar-refractivity contribution in [3.05, 3.63) is 28.6 Å². The van der Waals surface area contributed by atoms with E-state index >= 15 is 0 Å². The SMILES string of the molecule is N#Cc1nc(C(F)(F)F)cc(CCl)c1C(F)F. The fourth-order valence-corrected chi connectivity index (χ4v) is 1.41. The number of halogens is 6. The van der Waals surface area contributed by atoms with Gasteiger partial charge < -0.3 is 0 Å². The summed E-state index contributed by atoms with van der Waals surface area (Å²) >= 11 is 5.29. The van der Waals surface area contributed by atoms with Crippen LogP contribution in [-0.4, -0.2) is 4.98 Å². The summed E-state index contributed by atoms with van der Waals surface area (Å²) in [6, 6.07) is 1.64. The minimum atomic E-state index is -4.81. The Morgan fingerprint density at radius 1 is 1.41 bits per heavy atom. The molecule has 0 N–H and O–H groups in total. The highest BCUT2D eigenvalue weighted by molar-refractivity contribution is 6.17. The first kappa shape index (κ1) is 13.6. The van der Waals surface area contributed by atoms with Gasteiger partial charge in [0.25, 0.3) is 6.43 Å². The van der Waals surface area contributed by atoms with Crippen molar-refractivity contribution in [2.45, 2.75) is 18.5 Å². The first-order chi connectivity index (χ1) is 7.81. The van der Waals surface area contributed by atoms with Crippen molar-refractivity contribution in [2.24, 2.45) is 0 Å². The molecular formula is C9H4ClF5N2. The van der Waals surface area contributed by atoms with E-state index in [9.17, 15) is 22.0 Å². The molecule has 0 saturated heterocycles. The van der Waals surface area contributed by atoms with Crippen LogP contribution < -0.4 is 0 Å². The van der Waals surface area contributed by atoms with E-state index in [1.807, 2.05) is 0 Å². The summed E-state index contributed by atoms with van der Waals surface area (Å²) in [5.41, 5.74) is -3.66. The van der Waals surface area contributed by atoms with E-state index < -0.39 is 41.0 Å². The fraction of sp³-hybridized carbons (Fsp3) is 0.333. The number of hydrogen-bond donors (Lipinski definition) is 0. The smallest absolute Gasteiger partial charge is 0.232 e. The van der Waals surface area contributed by atoms with Crippen molar-refractivity contribution in [3.63, 3.8) is 0 Å². The maximum absolute atomic E-state index is 12.6. The molecule has 1 rings (SSSR count). The van der Waals surface area contributed by atoms with E-state index in [2.05, 4.69) is 4.98 Å². The number of alkyl halides is 6. The maximum Gasteiger partial charge on any atom is 0.433 e. The maximum atomic E-state index is 12.6. The van der Waals surface area contributed by atoms with Gasteiger partial charge in [0.1, 0.15) is 17.5 Å². The summed E-state index contributed by atoms with van der Waals surface area (Å²) in [4.78, 5) is 2.87. The molecule has 8 heteroatoms. The molecule has 0 aliphatic carbocycles. The lowest BCUT2D eigenvalue weighted by atomic mass is 10.1. The van der Waals surface area contributed by atoms with Gasteiger partial charge >= 0.3 is 6.18 Å². The predicted molar refractivity (Wildman–Crippen MR) is 48.5 cm³/mol. The molecule has 0 aromatic carbocycles. The topological polar surface area (TPSA) is 36.7 Å². The standard InChI is InChI=1S/C9H4ClF5N2/c10-2-4-1-6(9(13,14)15)17-5(3-16)7(4)8(11)12/h1,8H,2H2. The van der Waals surface area contributed by atoms with Gasteiger partial charge in [0.05, 0.1) is 5.56 Å². The highest BCUT2D eigenvalue weighted by atomic mass is 35.5. The molecule has 0 aliphatic heterocycles. The molecule has 92 valence electrons. The van der Waals surface area contributed by atoms with Crippen molar-refractivity contribution < 1.29 is 22.0 Å². The Kier molecular flexibility index (Phi) is 3.88. The summed E-state index contributed by atoms with van der Waals surface area (Å²) in [5.74, 6) is -0.556. The highest BCUT2D eigenvalue weighted by Crippen LogP contribution is 2.33. The largest absolute Gasteiger partial charge is 0.433 e. The summed E-state index contributed by atoms with van der Waals surface area (Å²) in [5, 5.41) is 8.52. The molecule has 0 aliphatic rings. The van der Waals surface area contributed by atoms with Crippen LogP contribution in [0.25, 0.3) is 0 Å². The van der Waals surface area contributed by atoms with Crippen molar-refractivity contribution >= 4 is 11.6 Å². The van der Waals surface area contributed by atoms with Gasteiger partial charge in [-0.3, -0.25) is 0 Å². The molecule has 0 amide bonds. The van der Waals surface area contributed by atoms with E-state index in [4.69, 9.17) is 16.9 Å². The van der Waals surface area contributed by atoms with E-state index in [-0.39, 0.29) is 0 Å². The lowest BCUT2D eigenvalue weighted by Gasteiger charge is -2.12. The molecule has 1 aromatic heterocycles. The lowest BCUT2D eigenvalue weighted by molar-refractivity contribution is -0.141. The zero-order chi connectivity index (χ0) is 13.2. The van der Waals surface area contributed by atoms with Gasteiger partial charge in [0.2, 0.25) is 0 Å². The van der Waals surface area contributed by atoms with E-state index in [0.29, 0.717) is 6.07 Å². The second-order valence-corrected chi connectivity index (χ2v) is 3.24. The van der Waals surface area contributed by atoms with Gasteiger partial charge in [0, 0.05) is 5.88 Å². The Morgan fingerprint density at radius 2 is 2.00 bits per heavy atom. The molecule has 0 saturated carbocycles. The number of nitrogens with zero attached hydrogens (tertiary/aromatic N) is 2. The summed E-state index contributed by atoms with van der Waals surface area (Å²) in [6.07, 6.45) is -7.92. The van der Waals surface area contributed by atoms with Crippen LogP contribution in [0.1, 0.15) is 28.9 Å². The van der Waals surface area contributed by atoms with Crippen LogP contribution in [0.3, 0.4) is 0 Å². The van der Waals surface area contributed by atoms with Gasteiger partial charge in [-0.15, -0.1) is 11.6 Å². The second kappa shape index (κ2) is 4.84. The Hall–Kier alpha value is -1.42. The Bertz CT molecular complexity index is 464. The Morgan fingerprint density at radius 3 is 2.35 bits per heavy atom. The molecule has 17 heavy (non-hydrogen) atoms. The second-order valence-electron chi connectivity index (χ2n) is 2.97. The molecule has 0 unspecified atom stereocenters. The van der Waals surface area contributed by atoms with Crippen LogP contribution in [0.2, 0.25) is 0 Å². The van der Waals surface area contributed by atoms with Crippen LogP contribution in [0.5, 0.6) is 0 Å². The molecular weight excluding hydrogens is 267 g/mol. The van der Waals surface area contributed by atoms with Crippen molar-refractivity contribution in [3.8, 4) is 6.07 Å². The van der Waals surface area contributed by atoms with E-state index in [1.54, 1.807) is 0 Å². The third-order valence-corrected chi connectivity index (χ3v) is 2.19. The zero-order valence-electron chi connectivity index (χ0n) is 8.02. The summed E-state index contributed by atoms with van der Waals surface area (Å²) in [6.45, 7) is 0. The monoisotopic (exact) mass is 270 g/mol. The van der Waals surface area contributed by atoms with Crippen LogP contribution >= 0.6 is 11.6 Å². The third kappa shape index (κ3) is 2.82. The van der Waals surface area contributed by atoms with Crippen LogP contribution in [-0.2, 0) is 12.1 Å². The molecule has 0 bridgehead atoms. The molecule has 2 nitrogen and oxygen atoms in total. The molecule has 1 aromatic rings. The number of hydrogen-bond acceptors (Lipinski definition) is 2. The van der Waals surface area contributed by atoms with E-state index in [0.717, 1.165) is 0 Å². The van der Waals surface area contributed by atoms with Crippen molar-refractivity contribution in [2.75, 3.05) is 0 Å². The summed E-state index contributed by atoms with van der Waals surface area (Å²) in [7, 11) is 0. The van der Waals surface area contributed by atoms with Gasteiger partial charge in [-0.25, -0.2) is 13.8 Å². The highest BCUT2D eigenvalue weighted by Gasteiger charge is 2.35. The zero-order valence-corrected chi connectivity index (χ0v) is 8.78. The molecule has 0 spiro atoms.